The highest BCUT2D eigenvalue weighted by molar-refractivity contribution is 9.10. The van der Waals surface area contributed by atoms with Crippen LogP contribution in [0.15, 0.2) is 22.7 Å². The van der Waals surface area contributed by atoms with Crippen molar-refractivity contribution in [3.05, 3.63) is 45.6 Å². The Bertz CT molecular complexity index is 764. The van der Waals surface area contributed by atoms with Gasteiger partial charge in [0.15, 0.2) is 0 Å². The van der Waals surface area contributed by atoms with Gasteiger partial charge in [0.1, 0.15) is 11.6 Å². The summed E-state index contributed by atoms with van der Waals surface area (Å²) in [7, 11) is 0. The van der Waals surface area contributed by atoms with Crippen LogP contribution in [0.1, 0.15) is 15.9 Å². The van der Waals surface area contributed by atoms with E-state index in [2.05, 4.69) is 26.2 Å². The number of carbonyl (C=O) groups is 1. The molecule has 1 aliphatic heterocycles. The second-order valence-electron chi connectivity index (χ2n) is 4.69. The number of amides is 1. The molecule has 0 radical (unpaired) electrons. The van der Waals surface area contributed by atoms with E-state index in [9.17, 15) is 13.6 Å². The predicted molar refractivity (Wildman–Crippen MR) is 77.7 cm³/mol. The summed E-state index contributed by atoms with van der Waals surface area (Å²) in [6, 6.07) is 4.35. The molecule has 0 unspecified atom stereocenters. The summed E-state index contributed by atoms with van der Waals surface area (Å²) in [4.78, 5) is 15.2. The molecule has 3 N–H and O–H groups in total. The molecule has 0 atom stereocenters. The van der Waals surface area contributed by atoms with Gasteiger partial charge < -0.3 is 11.1 Å². The molecule has 2 aromatic rings. The fourth-order valence-electron chi connectivity index (χ4n) is 2.38. The van der Waals surface area contributed by atoms with Gasteiger partial charge in [-0.25, -0.2) is 9.37 Å². The number of pyridine rings is 1. The van der Waals surface area contributed by atoms with Crippen molar-refractivity contribution in [1.82, 2.24) is 10.3 Å². The molecule has 1 aliphatic rings. The minimum atomic E-state index is -0.728. The van der Waals surface area contributed by atoms with E-state index in [0.29, 0.717) is 29.7 Å². The first-order chi connectivity index (χ1) is 9.97. The van der Waals surface area contributed by atoms with Crippen molar-refractivity contribution in [1.29, 1.82) is 0 Å². The highest BCUT2D eigenvalue weighted by Crippen LogP contribution is 2.32. The van der Waals surface area contributed by atoms with Gasteiger partial charge in [0.2, 0.25) is 5.95 Å². The van der Waals surface area contributed by atoms with Gasteiger partial charge in [-0.15, -0.1) is 0 Å². The quantitative estimate of drug-likeness (QED) is 0.774. The SMILES string of the molecule is Nc1nc(F)c(Br)cc1-c1cc(F)c2c(c1)CCNC2=O. The maximum Gasteiger partial charge on any atom is 0.254 e. The van der Waals surface area contributed by atoms with Crippen molar-refractivity contribution in [3.63, 3.8) is 0 Å². The van der Waals surface area contributed by atoms with E-state index in [0.717, 1.165) is 0 Å². The number of hydrogen-bond acceptors (Lipinski definition) is 3. The Balaban J connectivity index is 2.19. The van der Waals surface area contributed by atoms with Gasteiger partial charge >= 0.3 is 0 Å². The Morgan fingerprint density at radius 3 is 2.81 bits per heavy atom. The summed E-state index contributed by atoms with van der Waals surface area (Å²) in [5, 5.41) is 2.59. The lowest BCUT2D eigenvalue weighted by atomic mass is 9.94. The highest BCUT2D eigenvalue weighted by Gasteiger charge is 2.23. The second kappa shape index (κ2) is 5.07. The van der Waals surface area contributed by atoms with Crippen LogP contribution < -0.4 is 11.1 Å². The molecule has 3 rings (SSSR count). The third-order valence-corrected chi connectivity index (χ3v) is 3.91. The molecule has 0 bridgehead atoms. The minimum absolute atomic E-state index is 0.0321. The Kier molecular flexibility index (Phi) is 3.36. The molecule has 1 aromatic heterocycles. The van der Waals surface area contributed by atoms with E-state index in [1.165, 1.54) is 12.1 Å². The van der Waals surface area contributed by atoms with Crippen LogP contribution in [0.2, 0.25) is 0 Å². The Morgan fingerprint density at radius 1 is 1.29 bits per heavy atom. The van der Waals surface area contributed by atoms with Crippen molar-refractivity contribution in [2.45, 2.75) is 6.42 Å². The fourth-order valence-corrected chi connectivity index (χ4v) is 2.70. The number of nitrogens with one attached hydrogen (secondary N) is 1. The third-order valence-electron chi connectivity index (χ3n) is 3.35. The summed E-state index contributed by atoms with van der Waals surface area (Å²) in [5.41, 5.74) is 7.24. The molecule has 0 fully saturated rings. The van der Waals surface area contributed by atoms with E-state index >= 15 is 0 Å². The molecule has 4 nitrogen and oxygen atoms in total. The first kappa shape index (κ1) is 13.9. The van der Waals surface area contributed by atoms with Gasteiger partial charge in [0.05, 0.1) is 10.0 Å². The first-order valence-corrected chi connectivity index (χ1v) is 6.99. The number of fused-ring (bicyclic) bond motifs is 1. The van der Waals surface area contributed by atoms with Crippen LogP contribution in [0.3, 0.4) is 0 Å². The molecule has 1 amide bonds. The van der Waals surface area contributed by atoms with Crippen LogP contribution in [0.5, 0.6) is 0 Å². The summed E-state index contributed by atoms with van der Waals surface area (Å²) >= 11 is 3.03. The summed E-state index contributed by atoms with van der Waals surface area (Å²) in [6.07, 6.45) is 0.529. The number of nitrogens with two attached hydrogens (primary N) is 1. The molecule has 21 heavy (non-hydrogen) atoms. The molecule has 108 valence electrons. The molecule has 0 saturated heterocycles. The van der Waals surface area contributed by atoms with Crippen LogP contribution >= 0.6 is 15.9 Å². The third kappa shape index (κ3) is 2.37. The zero-order valence-corrected chi connectivity index (χ0v) is 12.3. The zero-order valence-electron chi connectivity index (χ0n) is 10.7. The van der Waals surface area contributed by atoms with E-state index in [1.807, 2.05) is 0 Å². The smallest absolute Gasteiger partial charge is 0.254 e. The van der Waals surface area contributed by atoms with Crippen LogP contribution in [0, 0.1) is 11.8 Å². The van der Waals surface area contributed by atoms with Crippen LogP contribution in [-0.4, -0.2) is 17.4 Å². The number of benzene rings is 1. The lowest BCUT2D eigenvalue weighted by Gasteiger charge is -2.18. The number of halogens is 3. The zero-order chi connectivity index (χ0) is 15.1. The number of hydrogen-bond donors (Lipinski definition) is 2. The van der Waals surface area contributed by atoms with E-state index < -0.39 is 17.7 Å². The standard InChI is InChI=1S/C14H10BrF2N3O/c15-9-5-8(13(18)20-12(9)17)7-3-6-1-2-19-14(21)11(6)10(16)4-7/h3-5H,1-2H2,(H2,18,20)(H,19,21). The first-order valence-electron chi connectivity index (χ1n) is 6.20. The van der Waals surface area contributed by atoms with Gasteiger partial charge in [-0.05, 0) is 51.7 Å². The normalized spacial score (nSPS) is 13.8. The number of carbonyl (C=O) groups excluding carboxylic acids is 1. The van der Waals surface area contributed by atoms with Gasteiger partial charge in [-0.3, -0.25) is 4.79 Å². The summed E-state index contributed by atoms with van der Waals surface area (Å²) in [6.45, 7) is 0.454. The van der Waals surface area contributed by atoms with Crippen molar-refractivity contribution in [2.75, 3.05) is 12.3 Å². The number of rotatable bonds is 1. The molecular formula is C14H10BrF2N3O. The molecule has 0 aliphatic carbocycles. The number of aromatic nitrogens is 1. The number of anilines is 1. The van der Waals surface area contributed by atoms with E-state index in [1.54, 1.807) is 6.07 Å². The molecule has 7 heteroatoms. The maximum atomic E-state index is 14.2. The lowest BCUT2D eigenvalue weighted by molar-refractivity contribution is 0.0941. The Hall–Kier alpha value is -2.02. The highest BCUT2D eigenvalue weighted by atomic mass is 79.9. The van der Waals surface area contributed by atoms with Crippen LogP contribution in [0.25, 0.3) is 11.1 Å². The molecule has 0 spiro atoms. The lowest BCUT2D eigenvalue weighted by Crippen LogP contribution is -2.32. The number of nitrogen functional groups attached to an aromatic ring is 1. The van der Waals surface area contributed by atoms with Gasteiger partial charge in [0.25, 0.3) is 5.91 Å². The Labute approximate surface area is 127 Å². The maximum absolute atomic E-state index is 14.2. The summed E-state index contributed by atoms with van der Waals surface area (Å²) < 4.78 is 27.6. The molecule has 1 aromatic carbocycles. The minimum Gasteiger partial charge on any atom is -0.383 e. The molecule has 0 saturated carbocycles. The molecular weight excluding hydrogens is 344 g/mol. The molecule has 2 heterocycles. The van der Waals surface area contributed by atoms with Crippen molar-refractivity contribution >= 4 is 27.7 Å². The average molecular weight is 354 g/mol. The van der Waals surface area contributed by atoms with Crippen LogP contribution in [-0.2, 0) is 6.42 Å². The number of nitrogens with zero attached hydrogens (tertiary/aromatic N) is 1. The van der Waals surface area contributed by atoms with E-state index in [-0.39, 0.29) is 15.9 Å². The topological polar surface area (TPSA) is 68.0 Å². The Morgan fingerprint density at radius 2 is 2.05 bits per heavy atom. The average Bonchev–Trinajstić information content (AvgIpc) is 2.42. The monoisotopic (exact) mass is 353 g/mol. The van der Waals surface area contributed by atoms with Gasteiger partial charge in [-0.2, -0.15) is 4.39 Å². The van der Waals surface area contributed by atoms with Gasteiger partial charge in [0, 0.05) is 12.1 Å². The summed E-state index contributed by atoms with van der Waals surface area (Å²) in [5.74, 6) is -1.81. The second-order valence-corrected chi connectivity index (χ2v) is 5.55. The van der Waals surface area contributed by atoms with Crippen LogP contribution in [0.4, 0.5) is 14.6 Å². The largest absolute Gasteiger partial charge is 0.383 e. The van der Waals surface area contributed by atoms with E-state index in [4.69, 9.17) is 5.73 Å². The van der Waals surface area contributed by atoms with Crippen molar-refractivity contribution in [2.24, 2.45) is 0 Å². The predicted octanol–water partition coefficient (Wildman–Crippen LogP) is 2.66. The van der Waals surface area contributed by atoms with Gasteiger partial charge in [-0.1, -0.05) is 0 Å². The van der Waals surface area contributed by atoms with Crippen molar-refractivity contribution in [3.8, 4) is 11.1 Å². The van der Waals surface area contributed by atoms with Crippen molar-refractivity contribution < 1.29 is 13.6 Å². The fraction of sp³-hybridized carbons (Fsp3) is 0.143.